The highest BCUT2D eigenvalue weighted by molar-refractivity contribution is 5.91. The molecular weight excluding hydrogens is 230 g/mol. The Labute approximate surface area is 107 Å². The zero-order chi connectivity index (χ0) is 13.7. The Balaban J connectivity index is 2.93. The number of carbonyl (C=O) groups is 2. The Kier molecular flexibility index (Phi) is 4.66. The van der Waals surface area contributed by atoms with Crippen molar-refractivity contribution in [2.24, 2.45) is 0 Å². The summed E-state index contributed by atoms with van der Waals surface area (Å²) in [5, 5.41) is 2.76. The van der Waals surface area contributed by atoms with Gasteiger partial charge in [-0.3, -0.25) is 4.79 Å². The molecule has 0 saturated carbocycles. The number of carbonyl (C=O) groups excluding carboxylic acids is 2. The maximum absolute atomic E-state index is 11.4. The van der Waals surface area contributed by atoms with Crippen LogP contribution >= 0.6 is 0 Å². The minimum Gasteiger partial charge on any atom is -0.465 e. The van der Waals surface area contributed by atoms with Crippen LogP contribution in [-0.2, 0) is 9.53 Å². The molecule has 96 valence electrons. The molecule has 1 aromatic rings. The van der Waals surface area contributed by atoms with Gasteiger partial charge in [-0.15, -0.1) is 0 Å². The molecule has 0 aliphatic rings. The minimum atomic E-state index is -0.359. The number of amides is 1. The Bertz CT molecular complexity index is 480. The van der Waals surface area contributed by atoms with E-state index in [9.17, 15) is 9.59 Å². The van der Waals surface area contributed by atoms with Crippen LogP contribution in [0.3, 0.4) is 0 Å². The van der Waals surface area contributed by atoms with Crippen molar-refractivity contribution < 1.29 is 14.3 Å². The lowest BCUT2D eigenvalue weighted by molar-refractivity contribution is -0.117. The molecule has 0 spiro atoms. The highest BCUT2D eigenvalue weighted by Crippen LogP contribution is 2.18. The Morgan fingerprint density at radius 2 is 2.11 bits per heavy atom. The predicted octanol–water partition coefficient (Wildman–Crippen LogP) is 2.14. The highest BCUT2D eigenvalue weighted by Gasteiger charge is 2.12. The second kappa shape index (κ2) is 6.00. The van der Waals surface area contributed by atoms with E-state index in [1.54, 1.807) is 12.1 Å². The van der Waals surface area contributed by atoms with Crippen molar-refractivity contribution in [3.05, 3.63) is 47.5 Å². The van der Waals surface area contributed by atoms with Crippen LogP contribution in [0.2, 0.25) is 0 Å². The third kappa shape index (κ3) is 3.20. The van der Waals surface area contributed by atoms with E-state index in [-0.39, 0.29) is 17.9 Å². The lowest BCUT2D eigenvalue weighted by atomic mass is 10.0. The number of hydrogen-bond acceptors (Lipinski definition) is 3. The van der Waals surface area contributed by atoms with Crippen molar-refractivity contribution in [1.82, 2.24) is 5.32 Å². The SMILES string of the molecule is C=CC(=O)N[C@@H](C)c1ccc(C(=O)OC)c(C)c1. The molecule has 0 radical (unpaired) electrons. The summed E-state index contributed by atoms with van der Waals surface area (Å²) in [5.74, 6) is -0.584. The first-order valence-electron chi connectivity index (χ1n) is 5.61. The van der Waals surface area contributed by atoms with Crippen molar-refractivity contribution in [2.75, 3.05) is 7.11 Å². The van der Waals surface area contributed by atoms with Crippen molar-refractivity contribution in [2.45, 2.75) is 19.9 Å². The fourth-order valence-electron chi connectivity index (χ4n) is 1.65. The Morgan fingerprint density at radius 3 is 2.61 bits per heavy atom. The van der Waals surface area contributed by atoms with Crippen molar-refractivity contribution >= 4 is 11.9 Å². The molecule has 0 unspecified atom stereocenters. The van der Waals surface area contributed by atoms with E-state index in [1.807, 2.05) is 19.9 Å². The van der Waals surface area contributed by atoms with Gasteiger partial charge in [0.15, 0.2) is 0 Å². The zero-order valence-corrected chi connectivity index (χ0v) is 10.8. The molecule has 0 aliphatic heterocycles. The number of esters is 1. The topological polar surface area (TPSA) is 55.4 Å². The molecule has 0 fully saturated rings. The molecule has 4 heteroatoms. The highest BCUT2D eigenvalue weighted by atomic mass is 16.5. The molecule has 0 aromatic heterocycles. The molecule has 0 heterocycles. The van der Waals surface area contributed by atoms with Gasteiger partial charge in [0.25, 0.3) is 0 Å². The number of methoxy groups -OCH3 is 1. The van der Waals surface area contributed by atoms with Gasteiger partial charge >= 0.3 is 5.97 Å². The monoisotopic (exact) mass is 247 g/mol. The quantitative estimate of drug-likeness (QED) is 0.655. The van der Waals surface area contributed by atoms with Gasteiger partial charge in [0, 0.05) is 0 Å². The number of ether oxygens (including phenoxy) is 1. The number of benzene rings is 1. The summed E-state index contributed by atoms with van der Waals surface area (Å²) in [6.45, 7) is 7.10. The molecule has 0 saturated heterocycles. The van der Waals surface area contributed by atoms with Gasteiger partial charge in [-0.05, 0) is 37.1 Å². The Morgan fingerprint density at radius 1 is 1.44 bits per heavy atom. The summed E-state index contributed by atoms with van der Waals surface area (Å²) < 4.78 is 4.68. The summed E-state index contributed by atoms with van der Waals surface area (Å²) in [7, 11) is 1.35. The van der Waals surface area contributed by atoms with Crippen LogP contribution in [0.5, 0.6) is 0 Å². The Hall–Kier alpha value is -2.10. The first kappa shape index (κ1) is 14.0. The van der Waals surface area contributed by atoms with Gasteiger partial charge < -0.3 is 10.1 Å². The summed E-state index contributed by atoms with van der Waals surface area (Å²) in [4.78, 5) is 22.6. The van der Waals surface area contributed by atoms with Gasteiger partial charge in [-0.2, -0.15) is 0 Å². The average molecular weight is 247 g/mol. The van der Waals surface area contributed by atoms with E-state index in [0.717, 1.165) is 11.1 Å². The maximum Gasteiger partial charge on any atom is 0.338 e. The summed E-state index contributed by atoms with van der Waals surface area (Å²) >= 11 is 0. The first-order chi connectivity index (χ1) is 8.49. The number of aryl methyl sites for hydroxylation is 1. The van der Waals surface area contributed by atoms with Gasteiger partial charge in [-0.1, -0.05) is 18.7 Å². The molecule has 1 rings (SSSR count). The largest absolute Gasteiger partial charge is 0.465 e. The van der Waals surface area contributed by atoms with Crippen molar-refractivity contribution in [3.63, 3.8) is 0 Å². The van der Waals surface area contributed by atoms with E-state index >= 15 is 0 Å². The van der Waals surface area contributed by atoms with Crippen LogP contribution in [0.4, 0.5) is 0 Å². The molecule has 0 bridgehead atoms. The molecule has 18 heavy (non-hydrogen) atoms. The van der Waals surface area contributed by atoms with Crippen LogP contribution in [-0.4, -0.2) is 19.0 Å². The molecule has 0 aliphatic carbocycles. The number of nitrogens with one attached hydrogen (secondary N) is 1. The normalized spacial score (nSPS) is 11.5. The van der Waals surface area contributed by atoms with Crippen LogP contribution < -0.4 is 5.32 Å². The third-order valence-corrected chi connectivity index (χ3v) is 2.70. The fraction of sp³-hybridized carbons (Fsp3) is 0.286. The second-order valence-corrected chi connectivity index (χ2v) is 4.00. The third-order valence-electron chi connectivity index (χ3n) is 2.70. The van der Waals surface area contributed by atoms with Gasteiger partial charge in [0.2, 0.25) is 5.91 Å². The van der Waals surface area contributed by atoms with Crippen molar-refractivity contribution in [1.29, 1.82) is 0 Å². The molecule has 1 N–H and O–H groups in total. The standard InChI is InChI=1S/C14H17NO3/c1-5-13(16)15-10(3)11-6-7-12(9(2)8-11)14(17)18-4/h5-8,10H,1H2,2-4H3,(H,15,16)/t10-/m0/s1. The predicted molar refractivity (Wildman–Crippen MR) is 69.3 cm³/mol. The molecule has 1 aromatic carbocycles. The van der Waals surface area contributed by atoms with Crippen molar-refractivity contribution in [3.8, 4) is 0 Å². The first-order valence-corrected chi connectivity index (χ1v) is 5.61. The summed E-state index contributed by atoms with van der Waals surface area (Å²) in [6, 6.07) is 5.22. The molecule has 1 atom stereocenters. The van der Waals surface area contributed by atoms with Crippen LogP contribution in [0.25, 0.3) is 0 Å². The molecule has 1 amide bonds. The number of hydrogen-bond donors (Lipinski definition) is 1. The summed E-state index contributed by atoms with van der Waals surface area (Å²) in [5.41, 5.74) is 2.28. The molecular formula is C14H17NO3. The maximum atomic E-state index is 11.4. The van der Waals surface area contributed by atoms with Crippen LogP contribution in [0.1, 0.15) is 34.5 Å². The zero-order valence-electron chi connectivity index (χ0n) is 10.8. The van der Waals surface area contributed by atoms with E-state index in [4.69, 9.17) is 0 Å². The van der Waals surface area contributed by atoms with E-state index < -0.39 is 0 Å². The summed E-state index contributed by atoms with van der Waals surface area (Å²) in [6.07, 6.45) is 1.23. The smallest absolute Gasteiger partial charge is 0.338 e. The molecule has 4 nitrogen and oxygen atoms in total. The number of rotatable bonds is 4. The second-order valence-electron chi connectivity index (χ2n) is 4.00. The van der Waals surface area contributed by atoms with Crippen LogP contribution in [0.15, 0.2) is 30.9 Å². The van der Waals surface area contributed by atoms with Gasteiger partial charge in [-0.25, -0.2) is 4.79 Å². The average Bonchev–Trinajstić information content (AvgIpc) is 2.37. The van der Waals surface area contributed by atoms with E-state index in [2.05, 4.69) is 16.6 Å². The van der Waals surface area contributed by atoms with E-state index in [1.165, 1.54) is 13.2 Å². The van der Waals surface area contributed by atoms with Gasteiger partial charge in [0.1, 0.15) is 0 Å². The fourth-order valence-corrected chi connectivity index (χ4v) is 1.65. The lowest BCUT2D eigenvalue weighted by Gasteiger charge is -2.14. The van der Waals surface area contributed by atoms with E-state index in [0.29, 0.717) is 5.56 Å². The van der Waals surface area contributed by atoms with Crippen LogP contribution in [0, 0.1) is 6.92 Å². The lowest BCUT2D eigenvalue weighted by Crippen LogP contribution is -2.24. The minimum absolute atomic E-state index is 0.138. The van der Waals surface area contributed by atoms with Gasteiger partial charge in [0.05, 0.1) is 18.7 Å².